The Morgan fingerprint density at radius 2 is 2.04 bits per heavy atom. The van der Waals surface area contributed by atoms with Crippen molar-refractivity contribution in [2.24, 2.45) is 0 Å². The van der Waals surface area contributed by atoms with Crippen LogP contribution in [0.5, 0.6) is 0 Å². The molecule has 0 saturated heterocycles. The second-order valence-corrected chi connectivity index (χ2v) is 6.47. The van der Waals surface area contributed by atoms with Gasteiger partial charge in [-0.05, 0) is 25.1 Å². The van der Waals surface area contributed by atoms with Crippen molar-refractivity contribution in [1.29, 1.82) is 0 Å². The third kappa shape index (κ3) is 4.56. The lowest BCUT2D eigenvalue weighted by molar-refractivity contribution is -0.118. The van der Waals surface area contributed by atoms with Gasteiger partial charge in [0, 0.05) is 16.8 Å². The van der Waals surface area contributed by atoms with E-state index in [2.05, 4.69) is 36.4 Å². The highest BCUT2D eigenvalue weighted by Gasteiger charge is 2.21. The quantitative estimate of drug-likeness (QED) is 0.789. The molecular formula is C17H23N3O3. The van der Waals surface area contributed by atoms with Gasteiger partial charge in [0.2, 0.25) is 11.8 Å². The summed E-state index contributed by atoms with van der Waals surface area (Å²) in [6.07, 6.45) is 1.76. The smallest absolute Gasteiger partial charge is 0.250 e. The van der Waals surface area contributed by atoms with Crippen molar-refractivity contribution in [3.8, 4) is 0 Å². The van der Waals surface area contributed by atoms with Gasteiger partial charge < -0.3 is 20.2 Å². The highest BCUT2D eigenvalue weighted by molar-refractivity contribution is 5.91. The summed E-state index contributed by atoms with van der Waals surface area (Å²) in [6, 6.07) is 7.13. The number of carbonyl (C=O) groups excluding carboxylic acids is 1. The minimum absolute atomic E-state index is 0.0839. The van der Waals surface area contributed by atoms with E-state index >= 15 is 0 Å². The van der Waals surface area contributed by atoms with Crippen molar-refractivity contribution in [2.45, 2.75) is 39.2 Å². The van der Waals surface area contributed by atoms with Gasteiger partial charge in [0.25, 0.3) is 0 Å². The molecule has 1 aromatic heterocycles. The summed E-state index contributed by atoms with van der Waals surface area (Å²) in [4.78, 5) is 15.6. The van der Waals surface area contributed by atoms with E-state index in [-0.39, 0.29) is 11.5 Å². The summed E-state index contributed by atoms with van der Waals surface area (Å²) in [5, 5.41) is 14.7. The van der Waals surface area contributed by atoms with Crippen LogP contribution in [0.1, 0.15) is 45.4 Å². The first kappa shape index (κ1) is 17.0. The Balaban J connectivity index is 2.08. The van der Waals surface area contributed by atoms with Crippen LogP contribution in [0.15, 0.2) is 34.9 Å². The van der Waals surface area contributed by atoms with Crippen LogP contribution in [-0.2, 0) is 10.2 Å². The molecule has 0 saturated carbocycles. The lowest BCUT2D eigenvalue weighted by atomic mass is 9.94. The number of hydrogen-bond donors (Lipinski definition) is 3. The molecule has 124 valence electrons. The standard InChI is InChI=1S/C17H23N3O3/c1-11(16-18-9-14(23-16)17(2,3)4)19-12-6-5-7-13(8-12)20-15(22)10-21/h5-9,11,19,21H,10H2,1-4H3,(H,20,22)/t11-/m1/s1. The predicted molar refractivity (Wildman–Crippen MR) is 89.4 cm³/mol. The Morgan fingerprint density at radius 1 is 1.35 bits per heavy atom. The van der Waals surface area contributed by atoms with Crippen molar-refractivity contribution < 1.29 is 14.3 Å². The van der Waals surface area contributed by atoms with Gasteiger partial charge in [-0.1, -0.05) is 26.8 Å². The summed E-state index contributed by atoms with van der Waals surface area (Å²) in [6.45, 7) is 7.63. The minimum Gasteiger partial charge on any atom is -0.443 e. The van der Waals surface area contributed by atoms with Crippen molar-refractivity contribution in [1.82, 2.24) is 4.98 Å². The molecular weight excluding hydrogens is 294 g/mol. The Labute approximate surface area is 135 Å². The fourth-order valence-electron chi connectivity index (χ4n) is 2.03. The fourth-order valence-corrected chi connectivity index (χ4v) is 2.03. The fraction of sp³-hybridized carbons (Fsp3) is 0.412. The lowest BCUT2D eigenvalue weighted by Gasteiger charge is -2.15. The molecule has 0 spiro atoms. The number of nitrogens with one attached hydrogen (secondary N) is 2. The van der Waals surface area contributed by atoms with Crippen molar-refractivity contribution in [3.63, 3.8) is 0 Å². The molecule has 0 fully saturated rings. The zero-order chi connectivity index (χ0) is 17.0. The number of aliphatic hydroxyl groups is 1. The number of rotatable bonds is 5. The molecule has 1 aromatic carbocycles. The van der Waals surface area contributed by atoms with Crippen molar-refractivity contribution >= 4 is 17.3 Å². The first-order valence-electron chi connectivity index (χ1n) is 7.53. The molecule has 0 aliphatic carbocycles. The van der Waals surface area contributed by atoms with Gasteiger partial charge in [-0.2, -0.15) is 0 Å². The number of oxazole rings is 1. The van der Waals surface area contributed by atoms with Crippen LogP contribution < -0.4 is 10.6 Å². The molecule has 6 nitrogen and oxygen atoms in total. The number of aliphatic hydroxyl groups excluding tert-OH is 1. The molecule has 1 amide bonds. The number of hydrogen-bond acceptors (Lipinski definition) is 5. The second-order valence-electron chi connectivity index (χ2n) is 6.47. The topological polar surface area (TPSA) is 87.4 Å². The van der Waals surface area contributed by atoms with Crippen LogP contribution in [0.3, 0.4) is 0 Å². The molecule has 2 aromatic rings. The van der Waals surface area contributed by atoms with Crippen LogP contribution in [0.2, 0.25) is 0 Å². The first-order chi connectivity index (χ1) is 10.8. The summed E-state index contributed by atoms with van der Waals surface area (Å²) in [5.74, 6) is 1.00. The maximum absolute atomic E-state index is 11.2. The first-order valence-corrected chi connectivity index (χ1v) is 7.53. The Hall–Kier alpha value is -2.34. The van der Waals surface area contributed by atoms with Gasteiger partial charge in [0.05, 0.1) is 6.20 Å². The summed E-state index contributed by atoms with van der Waals surface area (Å²) >= 11 is 0. The number of benzene rings is 1. The van der Waals surface area contributed by atoms with E-state index in [1.165, 1.54) is 0 Å². The third-order valence-corrected chi connectivity index (χ3v) is 3.31. The molecule has 3 N–H and O–H groups in total. The maximum Gasteiger partial charge on any atom is 0.250 e. The number of carbonyl (C=O) groups is 1. The molecule has 0 radical (unpaired) electrons. The van der Waals surface area contributed by atoms with E-state index in [9.17, 15) is 4.79 Å². The van der Waals surface area contributed by atoms with E-state index in [1.807, 2.05) is 19.1 Å². The Bertz CT molecular complexity index is 674. The maximum atomic E-state index is 11.2. The average molecular weight is 317 g/mol. The van der Waals surface area contributed by atoms with Gasteiger partial charge >= 0.3 is 0 Å². The van der Waals surface area contributed by atoms with Crippen LogP contribution in [0.25, 0.3) is 0 Å². The molecule has 0 bridgehead atoms. The monoisotopic (exact) mass is 317 g/mol. The largest absolute Gasteiger partial charge is 0.443 e. The molecule has 0 unspecified atom stereocenters. The van der Waals surface area contributed by atoms with Crippen LogP contribution in [0, 0.1) is 0 Å². The van der Waals surface area contributed by atoms with Crippen LogP contribution in [-0.4, -0.2) is 22.6 Å². The molecule has 1 atom stereocenters. The van der Waals surface area contributed by atoms with E-state index in [1.54, 1.807) is 18.3 Å². The molecule has 6 heteroatoms. The van der Waals surface area contributed by atoms with Crippen LogP contribution >= 0.6 is 0 Å². The van der Waals surface area contributed by atoms with Gasteiger partial charge in [-0.15, -0.1) is 0 Å². The number of amides is 1. The lowest BCUT2D eigenvalue weighted by Crippen LogP contribution is -2.15. The molecule has 1 heterocycles. The highest BCUT2D eigenvalue weighted by Crippen LogP contribution is 2.26. The zero-order valence-corrected chi connectivity index (χ0v) is 13.9. The predicted octanol–water partition coefficient (Wildman–Crippen LogP) is 3.08. The van der Waals surface area contributed by atoms with Crippen molar-refractivity contribution in [3.05, 3.63) is 42.1 Å². The van der Waals surface area contributed by atoms with Gasteiger partial charge in [0.15, 0.2) is 0 Å². The number of aromatic nitrogens is 1. The van der Waals surface area contributed by atoms with Gasteiger partial charge in [-0.3, -0.25) is 4.79 Å². The van der Waals surface area contributed by atoms with E-state index in [0.717, 1.165) is 11.4 Å². The number of anilines is 2. The Morgan fingerprint density at radius 3 is 2.65 bits per heavy atom. The summed E-state index contributed by atoms with van der Waals surface area (Å²) in [7, 11) is 0. The third-order valence-electron chi connectivity index (χ3n) is 3.31. The summed E-state index contributed by atoms with van der Waals surface area (Å²) in [5.41, 5.74) is 1.35. The molecule has 2 rings (SSSR count). The Kier molecular flexibility index (Phi) is 5.05. The molecule has 23 heavy (non-hydrogen) atoms. The second kappa shape index (κ2) is 6.83. The molecule has 0 aliphatic heterocycles. The van der Waals surface area contributed by atoms with Crippen molar-refractivity contribution in [2.75, 3.05) is 17.2 Å². The number of nitrogens with zero attached hydrogens (tertiary/aromatic N) is 1. The molecule has 0 aliphatic rings. The van der Waals surface area contributed by atoms with Gasteiger partial charge in [-0.25, -0.2) is 4.98 Å². The normalized spacial score (nSPS) is 12.7. The van der Waals surface area contributed by atoms with Crippen LogP contribution in [0.4, 0.5) is 11.4 Å². The van der Waals surface area contributed by atoms with Gasteiger partial charge in [0.1, 0.15) is 18.4 Å². The highest BCUT2D eigenvalue weighted by atomic mass is 16.4. The average Bonchev–Trinajstić information content (AvgIpc) is 2.97. The zero-order valence-electron chi connectivity index (χ0n) is 13.9. The minimum atomic E-state index is -0.542. The van der Waals surface area contributed by atoms with E-state index in [0.29, 0.717) is 11.6 Å². The SMILES string of the molecule is C[C@@H](Nc1cccc(NC(=O)CO)c1)c1ncc(C(C)(C)C)o1. The van der Waals surface area contributed by atoms with E-state index in [4.69, 9.17) is 9.52 Å². The summed E-state index contributed by atoms with van der Waals surface area (Å²) < 4.78 is 5.82. The van der Waals surface area contributed by atoms with E-state index < -0.39 is 12.5 Å².